The topological polar surface area (TPSA) is 35.5 Å². The van der Waals surface area contributed by atoms with Crippen molar-refractivity contribution in [3.05, 3.63) is 0 Å². The van der Waals surface area contributed by atoms with E-state index in [0.717, 1.165) is 19.5 Å². The Hall–Kier alpha value is -0.120. The number of nitrogens with zero attached hydrogens (tertiary/aromatic N) is 1. The third-order valence-electron chi connectivity index (χ3n) is 4.21. The summed E-state index contributed by atoms with van der Waals surface area (Å²) in [5.74, 6) is 0.629. The number of hydrogen-bond donors (Lipinski definition) is 2. The fourth-order valence-electron chi connectivity index (χ4n) is 3.12. The maximum Gasteiger partial charge on any atom is 0.0616 e. The molecule has 0 bridgehead atoms. The highest BCUT2D eigenvalue weighted by atomic mass is 16.3. The van der Waals surface area contributed by atoms with E-state index < -0.39 is 0 Å². The van der Waals surface area contributed by atoms with Crippen molar-refractivity contribution in [1.29, 1.82) is 0 Å². The summed E-state index contributed by atoms with van der Waals surface area (Å²) in [6.45, 7) is 9.07. The molecule has 1 aliphatic rings. The van der Waals surface area contributed by atoms with Crippen molar-refractivity contribution >= 4 is 0 Å². The van der Waals surface area contributed by atoms with Crippen LogP contribution in [0, 0.1) is 5.92 Å². The molecule has 17 heavy (non-hydrogen) atoms. The fourth-order valence-corrected chi connectivity index (χ4v) is 3.12. The van der Waals surface area contributed by atoms with Gasteiger partial charge >= 0.3 is 0 Å². The van der Waals surface area contributed by atoms with Gasteiger partial charge in [0.1, 0.15) is 0 Å². The lowest BCUT2D eigenvalue weighted by atomic mass is 9.84. The minimum Gasteiger partial charge on any atom is -0.394 e. The number of aliphatic hydroxyl groups excluding tert-OH is 1. The minimum absolute atomic E-state index is 0.0112. The molecule has 1 saturated carbocycles. The van der Waals surface area contributed by atoms with Gasteiger partial charge < -0.3 is 15.3 Å². The maximum atomic E-state index is 9.78. The average Bonchev–Trinajstić information content (AvgIpc) is 2.68. The Balaban J connectivity index is 2.56. The molecule has 0 aromatic rings. The van der Waals surface area contributed by atoms with E-state index >= 15 is 0 Å². The van der Waals surface area contributed by atoms with Crippen LogP contribution < -0.4 is 5.32 Å². The van der Waals surface area contributed by atoms with Crippen LogP contribution in [-0.2, 0) is 0 Å². The van der Waals surface area contributed by atoms with Gasteiger partial charge in [0.2, 0.25) is 0 Å². The Morgan fingerprint density at radius 1 is 1.47 bits per heavy atom. The standard InChI is InChI=1S/C14H30N2O/c1-5-16(4)10-8-13-7-6-9-14(13,11-17)15-12(2)3/h12-13,15,17H,5-11H2,1-4H3. The van der Waals surface area contributed by atoms with Crippen LogP contribution >= 0.6 is 0 Å². The van der Waals surface area contributed by atoms with E-state index in [4.69, 9.17) is 0 Å². The molecule has 0 aromatic carbocycles. The van der Waals surface area contributed by atoms with Crippen molar-refractivity contribution in [1.82, 2.24) is 10.2 Å². The zero-order chi connectivity index (χ0) is 12.9. The summed E-state index contributed by atoms with van der Waals surface area (Å²) in [4.78, 5) is 2.36. The van der Waals surface area contributed by atoms with Crippen LogP contribution in [-0.4, -0.2) is 48.3 Å². The van der Waals surface area contributed by atoms with E-state index in [9.17, 15) is 5.11 Å². The van der Waals surface area contributed by atoms with Crippen LogP contribution in [0.5, 0.6) is 0 Å². The van der Waals surface area contributed by atoms with Gasteiger partial charge in [-0.15, -0.1) is 0 Å². The summed E-state index contributed by atoms with van der Waals surface area (Å²) >= 11 is 0. The normalized spacial score (nSPS) is 29.5. The monoisotopic (exact) mass is 242 g/mol. The van der Waals surface area contributed by atoms with Crippen molar-refractivity contribution in [2.45, 2.75) is 58.0 Å². The van der Waals surface area contributed by atoms with Gasteiger partial charge in [-0.05, 0) is 45.3 Å². The molecule has 2 N–H and O–H groups in total. The summed E-state index contributed by atoms with van der Waals surface area (Å²) in [5.41, 5.74) is -0.0112. The summed E-state index contributed by atoms with van der Waals surface area (Å²) < 4.78 is 0. The molecule has 0 saturated heterocycles. The summed E-state index contributed by atoms with van der Waals surface area (Å²) in [6.07, 6.45) is 4.84. The first kappa shape index (κ1) is 14.9. The zero-order valence-corrected chi connectivity index (χ0v) is 12.0. The number of aliphatic hydroxyl groups is 1. The van der Waals surface area contributed by atoms with E-state index in [1.54, 1.807) is 0 Å². The van der Waals surface area contributed by atoms with Crippen LogP contribution in [0.3, 0.4) is 0 Å². The molecule has 2 atom stereocenters. The summed E-state index contributed by atoms with van der Waals surface area (Å²) in [5, 5.41) is 13.4. The second kappa shape index (κ2) is 6.72. The van der Waals surface area contributed by atoms with E-state index in [0.29, 0.717) is 12.0 Å². The first-order chi connectivity index (χ1) is 8.04. The molecular formula is C14H30N2O. The van der Waals surface area contributed by atoms with Gasteiger partial charge in [0.15, 0.2) is 0 Å². The lowest BCUT2D eigenvalue weighted by Crippen LogP contribution is -2.54. The molecule has 0 amide bonds. The Labute approximate surface area is 107 Å². The molecule has 1 fully saturated rings. The van der Waals surface area contributed by atoms with Crippen molar-refractivity contribution in [3.63, 3.8) is 0 Å². The Kier molecular flexibility index (Phi) is 5.90. The predicted octanol–water partition coefficient (Wildman–Crippen LogP) is 1.86. The third kappa shape index (κ3) is 3.94. The molecule has 0 aliphatic heterocycles. The van der Waals surface area contributed by atoms with Gasteiger partial charge in [0.25, 0.3) is 0 Å². The second-order valence-electron chi connectivity index (χ2n) is 5.89. The van der Waals surface area contributed by atoms with Gasteiger partial charge in [0, 0.05) is 11.6 Å². The Morgan fingerprint density at radius 3 is 2.71 bits per heavy atom. The molecule has 2 unspecified atom stereocenters. The first-order valence-electron chi connectivity index (χ1n) is 7.11. The van der Waals surface area contributed by atoms with Crippen LogP contribution in [0.25, 0.3) is 0 Å². The highest BCUT2D eigenvalue weighted by Crippen LogP contribution is 2.38. The molecule has 3 heteroatoms. The van der Waals surface area contributed by atoms with Crippen molar-refractivity contribution in [2.24, 2.45) is 5.92 Å². The molecule has 0 heterocycles. The van der Waals surface area contributed by atoms with E-state index in [1.165, 1.54) is 19.3 Å². The average molecular weight is 242 g/mol. The lowest BCUT2D eigenvalue weighted by Gasteiger charge is -2.37. The molecular weight excluding hydrogens is 212 g/mol. The van der Waals surface area contributed by atoms with Crippen LogP contribution in [0.2, 0.25) is 0 Å². The molecule has 3 nitrogen and oxygen atoms in total. The number of hydrogen-bond acceptors (Lipinski definition) is 3. The van der Waals surface area contributed by atoms with E-state index in [-0.39, 0.29) is 12.1 Å². The highest BCUT2D eigenvalue weighted by Gasteiger charge is 2.42. The molecule has 1 aliphatic carbocycles. The van der Waals surface area contributed by atoms with Gasteiger partial charge in [0.05, 0.1) is 6.61 Å². The predicted molar refractivity (Wildman–Crippen MR) is 73.2 cm³/mol. The van der Waals surface area contributed by atoms with E-state index in [1.807, 2.05) is 0 Å². The molecule has 0 aromatic heterocycles. The van der Waals surface area contributed by atoms with Crippen molar-refractivity contribution in [2.75, 3.05) is 26.7 Å². The van der Waals surface area contributed by atoms with E-state index in [2.05, 4.69) is 38.0 Å². The quantitative estimate of drug-likeness (QED) is 0.715. The molecule has 0 spiro atoms. The van der Waals surface area contributed by atoms with Gasteiger partial charge in [-0.25, -0.2) is 0 Å². The van der Waals surface area contributed by atoms with Gasteiger partial charge in [-0.2, -0.15) is 0 Å². The zero-order valence-electron chi connectivity index (χ0n) is 12.0. The molecule has 1 rings (SSSR count). The second-order valence-corrected chi connectivity index (χ2v) is 5.89. The minimum atomic E-state index is -0.0112. The largest absolute Gasteiger partial charge is 0.394 e. The first-order valence-corrected chi connectivity index (χ1v) is 7.11. The maximum absolute atomic E-state index is 9.78. The molecule has 102 valence electrons. The fraction of sp³-hybridized carbons (Fsp3) is 1.00. The smallest absolute Gasteiger partial charge is 0.0616 e. The lowest BCUT2D eigenvalue weighted by molar-refractivity contribution is 0.105. The van der Waals surface area contributed by atoms with Crippen molar-refractivity contribution in [3.8, 4) is 0 Å². The summed E-state index contributed by atoms with van der Waals surface area (Å²) in [7, 11) is 2.17. The van der Waals surface area contributed by atoms with Gasteiger partial charge in [-0.1, -0.05) is 27.2 Å². The van der Waals surface area contributed by atoms with Gasteiger partial charge in [-0.3, -0.25) is 0 Å². The number of nitrogens with one attached hydrogen (secondary N) is 1. The van der Waals surface area contributed by atoms with Crippen LogP contribution in [0.4, 0.5) is 0 Å². The van der Waals surface area contributed by atoms with Crippen LogP contribution in [0.15, 0.2) is 0 Å². The highest BCUT2D eigenvalue weighted by molar-refractivity contribution is 4.99. The number of rotatable bonds is 7. The summed E-state index contributed by atoms with van der Waals surface area (Å²) in [6, 6.07) is 0.451. The molecule has 0 radical (unpaired) electrons. The SMILES string of the molecule is CCN(C)CCC1CCCC1(CO)NC(C)C. The Bertz CT molecular complexity index is 220. The van der Waals surface area contributed by atoms with Crippen molar-refractivity contribution < 1.29 is 5.11 Å². The Morgan fingerprint density at radius 2 is 2.18 bits per heavy atom. The third-order valence-corrected chi connectivity index (χ3v) is 4.21. The van der Waals surface area contributed by atoms with Crippen LogP contribution in [0.1, 0.15) is 46.5 Å².